The quantitative estimate of drug-likeness (QED) is 0.859. The predicted molar refractivity (Wildman–Crippen MR) is 75.1 cm³/mol. The Morgan fingerprint density at radius 2 is 2.11 bits per heavy atom. The lowest BCUT2D eigenvalue weighted by molar-refractivity contribution is 0.323. The highest BCUT2D eigenvalue weighted by Crippen LogP contribution is 2.27. The lowest BCUT2D eigenvalue weighted by Crippen LogP contribution is -2.28. The molecule has 1 unspecified atom stereocenters. The van der Waals surface area contributed by atoms with Crippen molar-refractivity contribution in [2.75, 3.05) is 11.9 Å². The van der Waals surface area contributed by atoms with Crippen LogP contribution < -0.4 is 10.1 Å². The molecule has 0 aliphatic heterocycles. The van der Waals surface area contributed by atoms with E-state index in [1.54, 1.807) is 0 Å². The van der Waals surface area contributed by atoms with E-state index < -0.39 is 0 Å². The standard InChI is InChI=1S/C15H24N2O/c1-3-18-15-11-7-10-14(17-15)16-12(2)13-8-5-4-6-9-13/h7,10-13H,3-6,8-9H2,1-2H3,(H,16,17). The molecule has 0 radical (unpaired) electrons. The van der Waals surface area contributed by atoms with Gasteiger partial charge in [0.2, 0.25) is 5.88 Å². The molecule has 1 fully saturated rings. The van der Waals surface area contributed by atoms with Crippen LogP contribution in [0.5, 0.6) is 5.88 Å². The third kappa shape index (κ3) is 3.62. The van der Waals surface area contributed by atoms with E-state index in [1.165, 1.54) is 32.1 Å². The zero-order valence-electron chi connectivity index (χ0n) is 11.5. The van der Waals surface area contributed by atoms with E-state index in [0.717, 1.165) is 11.7 Å². The van der Waals surface area contributed by atoms with Gasteiger partial charge in [0.25, 0.3) is 0 Å². The monoisotopic (exact) mass is 248 g/mol. The normalized spacial score (nSPS) is 18.3. The summed E-state index contributed by atoms with van der Waals surface area (Å²) in [5.41, 5.74) is 0. The van der Waals surface area contributed by atoms with Crippen LogP contribution in [-0.4, -0.2) is 17.6 Å². The molecule has 0 aromatic carbocycles. The van der Waals surface area contributed by atoms with E-state index in [-0.39, 0.29) is 0 Å². The molecule has 0 saturated heterocycles. The topological polar surface area (TPSA) is 34.1 Å². The number of anilines is 1. The van der Waals surface area contributed by atoms with Gasteiger partial charge >= 0.3 is 0 Å². The lowest BCUT2D eigenvalue weighted by atomic mass is 9.84. The summed E-state index contributed by atoms with van der Waals surface area (Å²) in [6.45, 7) is 4.91. The zero-order chi connectivity index (χ0) is 12.8. The van der Waals surface area contributed by atoms with Gasteiger partial charge in [0.15, 0.2) is 0 Å². The maximum atomic E-state index is 5.42. The number of ether oxygens (including phenoxy) is 1. The van der Waals surface area contributed by atoms with E-state index in [2.05, 4.69) is 17.2 Å². The minimum Gasteiger partial charge on any atom is -0.478 e. The second-order valence-corrected chi connectivity index (χ2v) is 5.13. The summed E-state index contributed by atoms with van der Waals surface area (Å²) in [6.07, 6.45) is 6.85. The van der Waals surface area contributed by atoms with E-state index in [0.29, 0.717) is 18.5 Å². The molecule has 0 amide bonds. The Morgan fingerprint density at radius 3 is 2.83 bits per heavy atom. The summed E-state index contributed by atoms with van der Waals surface area (Å²) in [5.74, 6) is 2.42. The maximum absolute atomic E-state index is 5.42. The smallest absolute Gasteiger partial charge is 0.215 e. The fourth-order valence-electron chi connectivity index (χ4n) is 2.71. The van der Waals surface area contributed by atoms with Crippen LogP contribution in [0.2, 0.25) is 0 Å². The Labute approximate surface area is 110 Å². The number of hydrogen-bond acceptors (Lipinski definition) is 3. The second kappa shape index (κ2) is 6.62. The van der Waals surface area contributed by atoms with Gasteiger partial charge in [0.05, 0.1) is 6.61 Å². The average molecular weight is 248 g/mol. The number of pyridine rings is 1. The molecule has 2 rings (SSSR count). The summed E-state index contributed by atoms with van der Waals surface area (Å²) >= 11 is 0. The second-order valence-electron chi connectivity index (χ2n) is 5.13. The molecular weight excluding hydrogens is 224 g/mol. The molecule has 1 aromatic rings. The first-order chi connectivity index (χ1) is 8.79. The Bertz CT molecular complexity index is 361. The molecule has 18 heavy (non-hydrogen) atoms. The first-order valence-corrected chi connectivity index (χ1v) is 7.16. The number of nitrogens with zero attached hydrogens (tertiary/aromatic N) is 1. The lowest BCUT2D eigenvalue weighted by Gasteiger charge is -2.28. The van der Waals surface area contributed by atoms with Gasteiger partial charge in [-0.25, -0.2) is 0 Å². The fourth-order valence-corrected chi connectivity index (χ4v) is 2.71. The van der Waals surface area contributed by atoms with Crippen LogP contribution in [0.15, 0.2) is 18.2 Å². The van der Waals surface area contributed by atoms with Crippen molar-refractivity contribution in [3.8, 4) is 5.88 Å². The SMILES string of the molecule is CCOc1cccc(NC(C)C2CCCCC2)n1. The molecule has 100 valence electrons. The van der Waals surface area contributed by atoms with E-state index in [9.17, 15) is 0 Å². The number of rotatable bonds is 5. The van der Waals surface area contributed by atoms with Gasteiger partial charge in [0, 0.05) is 12.1 Å². The van der Waals surface area contributed by atoms with Crippen LogP contribution in [-0.2, 0) is 0 Å². The maximum Gasteiger partial charge on any atom is 0.215 e. The largest absolute Gasteiger partial charge is 0.478 e. The molecule has 0 spiro atoms. The average Bonchev–Trinajstić information content (AvgIpc) is 2.40. The van der Waals surface area contributed by atoms with Crippen molar-refractivity contribution in [2.24, 2.45) is 5.92 Å². The third-order valence-electron chi connectivity index (χ3n) is 3.75. The van der Waals surface area contributed by atoms with Crippen molar-refractivity contribution in [3.63, 3.8) is 0 Å². The molecule has 1 saturated carbocycles. The molecule has 3 nitrogen and oxygen atoms in total. The van der Waals surface area contributed by atoms with Crippen LogP contribution in [0.25, 0.3) is 0 Å². The zero-order valence-corrected chi connectivity index (χ0v) is 11.5. The summed E-state index contributed by atoms with van der Waals surface area (Å²) in [6, 6.07) is 6.41. The van der Waals surface area contributed by atoms with Crippen molar-refractivity contribution in [2.45, 2.75) is 52.0 Å². The Morgan fingerprint density at radius 1 is 1.33 bits per heavy atom. The van der Waals surface area contributed by atoms with Gasteiger partial charge in [-0.2, -0.15) is 4.98 Å². The van der Waals surface area contributed by atoms with Crippen molar-refractivity contribution >= 4 is 5.82 Å². The molecule has 1 N–H and O–H groups in total. The van der Waals surface area contributed by atoms with Crippen LogP contribution >= 0.6 is 0 Å². The van der Waals surface area contributed by atoms with Crippen LogP contribution in [0.1, 0.15) is 46.0 Å². The first kappa shape index (κ1) is 13.2. The van der Waals surface area contributed by atoms with E-state index in [4.69, 9.17) is 4.74 Å². The highest BCUT2D eigenvalue weighted by atomic mass is 16.5. The fraction of sp³-hybridized carbons (Fsp3) is 0.667. The molecule has 1 aromatic heterocycles. The minimum absolute atomic E-state index is 0.495. The minimum atomic E-state index is 0.495. The van der Waals surface area contributed by atoms with Crippen molar-refractivity contribution in [1.29, 1.82) is 0 Å². The number of nitrogens with one attached hydrogen (secondary N) is 1. The van der Waals surface area contributed by atoms with Gasteiger partial charge in [-0.1, -0.05) is 25.3 Å². The third-order valence-corrected chi connectivity index (χ3v) is 3.75. The molecule has 1 aliphatic rings. The van der Waals surface area contributed by atoms with Gasteiger partial charge in [0.1, 0.15) is 5.82 Å². The van der Waals surface area contributed by atoms with Gasteiger partial charge in [-0.3, -0.25) is 0 Å². The van der Waals surface area contributed by atoms with Gasteiger partial charge < -0.3 is 10.1 Å². The highest BCUT2D eigenvalue weighted by Gasteiger charge is 2.20. The van der Waals surface area contributed by atoms with E-state index >= 15 is 0 Å². The number of hydrogen-bond donors (Lipinski definition) is 1. The molecule has 1 heterocycles. The molecular formula is C15H24N2O. The first-order valence-electron chi connectivity index (χ1n) is 7.16. The molecule has 1 aliphatic carbocycles. The Hall–Kier alpha value is -1.25. The number of aromatic nitrogens is 1. The van der Waals surface area contributed by atoms with Crippen LogP contribution in [0.3, 0.4) is 0 Å². The van der Waals surface area contributed by atoms with Crippen molar-refractivity contribution in [3.05, 3.63) is 18.2 Å². The van der Waals surface area contributed by atoms with Gasteiger partial charge in [-0.15, -0.1) is 0 Å². The van der Waals surface area contributed by atoms with Crippen molar-refractivity contribution < 1.29 is 4.74 Å². The summed E-state index contributed by atoms with van der Waals surface area (Å²) in [5, 5.41) is 3.52. The summed E-state index contributed by atoms with van der Waals surface area (Å²) < 4.78 is 5.42. The summed E-state index contributed by atoms with van der Waals surface area (Å²) in [7, 11) is 0. The van der Waals surface area contributed by atoms with E-state index in [1.807, 2.05) is 25.1 Å². The molecule has 1 atom stereocenters. The molecule has 0 bridgehead atoms. The van der Waals surface area contributed by atoms with Gasteiger partial charge in [-0.05, 0) is 38.7 Å². The molecule has 3 heteroatoms. The van der Waals surface area contributed by atoms with Crippen LogP contribution in [0.4, 0.5) is 5.82 Å². The predicted octanol–water partition coefficient (Wildman–Crippen LogP) is 3.86. The van der Waals surface area contributed by atoms with Crippen molar-refractivity contribution in [1.82, 2.24) is 4.98 Å². The highest BCUT2D eigenvalue weighted by molar-refractivity contribution is 5.38. The van der Waals surface area contributed by atoms with Crippen LogP contribution in [0, 0.1) is 5.92 Å². The summed E-state index contributed by atoms with van der Waals surface area (Å²) in [4.78, 5) is 4.46. The Kier molecular flexibility index (Phi) is 4.85. The Balaban J connectivity index is 1.93.